The molecule has 3 rings (SSSR count). The van der Waals surface area contributed by atoms with Gasteiger partial charge in [0, 0.05) is 0 Å². The summed E-state index contributed by atoms with van der Waals surface area (Å²) in [7, 11) is 0. The van der Waals surface area contributed by atoms with Crippen LogP contribution in [0, 0.1) is 11.6 Å². The lowest BCUT2D eigenvalue weighted by molar-refractivity contribution is -0.150. The summed E-state index contributed by atoms with van der Waals surface area (Å²) in [6, 6.07) is 9.31. The Hall–Kier alpha value is -2.76. The number of carboxylic acid groups (broad SMARTS) is 1. The summed E-state index contributed by atoms with van der Waals surface area (Å²) >= 11 is 0. The first-order valence-electron chi connectivity index (χ1n) is 8.36. The molecule has 1 aliphatic rings. The van der Waals surface area contributed by atoms with E-state index in [4.69, 9.17) is 4.74 Å². The van der Waals surface area contributed by atoms with Gasteiger partial charge in [-0.1, -0.05) is 18.2 Å². The highest BCUT2D eigenvalue weighted by atomic mass is 19.1. The minimum atomic E-state index is -1.37. The number of fused-ring (bicyclic) bond motifs is 1. The maximum atomic E-state index is 13.9. The molecule has 0 fully saturated rings. The van der Waals surface area contributed by atoms with Crippen LogP contribution >= 0.6 is 0 Å². The predicted molar refractivity (Wildman–Crippen MR) is 89.8 cm³/mol. The molecule has 0 bridgehead atoms. The average molecular weight is 360 g/mol. The molecular weight excluding hydrogens is 342 g/mol. The summed E-state index contributed by atoms with van der Waals surface area (Å²) < 4.78 is 33.0. The fraction of sp³-hybridized carbons (Fsp3) is 0.300. The van der Waals surface area contributed by atoms with E-state index in [1.54, 1.807) is 13.0 Å². The molecule has 0 amide bonds. The van der Waals surface area contributed by atoms with Crippen LogP contribution < -0.4 is 0 Å². The molecule has 2 aromatic rings. The van der Waals surface area contributed by atoms with Crippen molar-refractivity contribution in [2.24, 2.45) is 0 Å². The normalized spacial score (nSPS) is 21.7. The number of carboxylic acids is 1. The quantitative estimate of drug-likeness (QED) is 0.843. The lowest BCUT2D eigenvalue weighted by Crippen LogP contribution is -2.43. The van der Waals surface area contributed by atoms with Crippen LogP contribution in [0.4, 0.5) is 8.78 Å². The maximum Gasteiger partial charge on any atom is 0.321 e. The summed E-state index contributed by atoms with van der Waals surface area (Å²) in [6.45, 7) is 1.78. The molecule has 1 N–H and O–H groups in total. The molecule has 0 radical (unpaired) electrons. The molecule has 0 aromatic heterocycles. The fourth-order valence-electron chi connectivity index (χ4n) is 3.76. The van der Waals surface area contributed by atoms with Crippen LogP contribution in [0.25, 0.3) is 0 Å². The van der Waals surface area contributed by atoms with E-state index in [0.717, 1.165) is 6.07 Å². The summed E-state index contributed by atoms with van der Waals surface area (Å²) in [5.74, 6) is -3.73. The van der Waals surface area contributed by atoms with E-state index in [-0.39, 0.29) is 25.0 Å². The first kappa shape index (κ1) is 18.0. The zero-order valence-corrected chi connectivity index (χ0v) is 14.2. The third-order valence-corrected chi connectivity index (χ3v) is 4.90. The van der Waals surface area contributed by atoms with Crippen molar-refractivity contribution >= 4 is 11.9 Å². The number of hydrogen-bond acceptors (Lipinski definition) is 3. The molecule has 2 atom stereocenters. The third kappa shape index (κ3) is 2.85. The van der Waals surface area contributed by atoms with Crippen LogP contribution in [0.1, 0.15) is 42.4 Å². The summed E-state index contributed by atoms with van der Waals surface area (Å²) in [5, 5.41) is 9.50. The molecular formula is C20H18F2O4. The van der Waals surface area contributed by atoms with Gasteiger partial charge >= 0.3 is 11.9 Å². The lowest BCUT2D eigenvalue weighted by Gasteiger charge is -2.39. The predicted octanol–water partition coefficient (Wildman–Crippen LogP) is 3.78. The van der Waals surface area contributed by atoms with Crippen LogP contribution in [0.2, 0.25) is 0 Å². The van der Waals surface area contributed by atoms with Gasteiger partial charge in [0.1, 0.15) is 17.0 Å². The highest BCUT2D eigenvalue weighted by Gasteiger charge is 2.49. The van der Waals surface area contributed by atoms with Gasteiger partial charge in [-0.3, -0.25) is 9.59 Å². The lowest BCUT2D eigenvalue weighted by atomic mass is 9.63. The van der Waals surface area contributed by atoms with Gasteiger partial charge < -0.3 is 9.84 Å². The molecule has 0 saturated carbocycles. The molecule has 0 saturated heterocycles. The molecule has 136 valence electrons. The van der Waals surface area contributed by atoms with Crippen molar-refractivity contribution < 1.29 is 28.2 Å². The van der Waals surface area contributed by atoms with E-state index in [1.165, 1.54) is 30.3 Å². The van der Waals surface area contributed by atoms with E-state index in [0.29, 0.717) is 11.1 Å². The second-order valence-corrected chi connectivity index (χ2v) is 6.30. The number of rotatable bonds is 4. The smallest absolute Gasteiger partial charge is 0.321 e. The van der Waals surface area contributed by atoms with Gasteiger partial charge in [0.2, 0.25) is 0 Å². The SMILES string of the molecule is CCOC(=O)[C@]1(c2cccc(F)c2)CC[C@@H](C(=O)O)c2cc(F)ccc21. The second-order valence-electron chi connectivity index (χ2n) is 6.30. The van der Waals surface area contributed by atoms with Crippen molar-refractivity contribution in [2.75, 3.05) is 6.61 Å². The highest BCUT2D eigenvalue weighted by molar-refractivity contribution is 5.90. The molecule has 0 unspecified atom stereocenters. The van der Waals surface area contributed by atoms with E-state index in [1.807, 2.05) is 0 Å². The second kappa shape index (κ2) is 6.86. The molecule has 2 aromatic carbocycles. The Morgan fingerprint density at radius 1 is 1.19 bits per heavy atom. The number of benzene rings is 2. The van der Waals surface area contributed by atoms with Gasteiger partial charge in [-0.15, -0.1) is 0 Å². The topological polar surface area (TPSA) is 63.6 Å². The van der Waals surface area contributed by atoms with Gasteiger partial charge in [0.05, 0.1) is 12.5 Å². The molecule has 0 heterocycles. The molecule has 0 spiro atoms. The Balaban J connectivity index is 2.30. The monoisotopic (exact) mass is 360 g/mol. The van der Waals surface area contributed by atoms with Crippen LogP contribution in [-0.2, 0) is 19.7 Å². The number of halogens is 2. The molecule has 1 aliphatic carbocycles. The summed E-state index contributed by atoms with van der Waals surface area (Å²) in [4.78, 5) is 24.6. The number of aliphatic carboxylic acids is 1. The minimum Gasteiger partial charge on any atom is -0.481 e. The Morgan fingerprint density at radius 2 is 1.92 bits per heavy atom. The van der Waals surface area contributed by atoms with Crippen LogP contribution in [0.15, 0.2) is 42.5 Å². The van der Waals surface area contributed by atoms with Gasteiger partial charge in [-0.05, 0) is 60.7 Å². The largest absolute Gasteiger partial charge is 0.481 e. The standard InChI is InChI=1S/C20H18F2O4/c1-2-26-19(25)20(12-4-3-5-13(21)10-12)9-8-15(18(23)24)16-11-14(22)6-7-17(16)20/h3-7,10-11,15H,2,8-9H2,1H3,(H,23,24)/t15-,20+/m1/s1. The summed E-state index contributed by atoms with van der Waals surface area (Å²) in [5.41, 5.74) is -0.428. The number of esters is 1. The van der Waals surface area contributed by atoms with Crippen molar-refractivity contribution in [3.05, 3.63) is 70.8 Å². The zero-order valence-electron chi connectivity index (χ0n) is 14.2. The van der Waals surface area contributed by atoms with E-state index < -0.39 is 34.9 Å². The minimum absolute atomic E-state index is 0.112. The van der Waals surface area contributed by atoms with Crippen molar-refractivity contribution in [1.29, 1.82) is 0 Å². The van der Waals surface area contributed by atoms with E-state index >= 15 is 0 Å². The molecule has 4 nitrogen and oxygen atoms in total. The number of carbonyl (C=O) groups is 2. The molecule has 6 heteroatoms. The Kier molecular flexibility index (Phi) is 4.76. The zero-order chi connectivity index (χ0) is 18.9. The third-order valence-electron chi connectivity index (χ3n) is 4.90. The van der Waals surface area contributed by atoms with Gasteiger partial charge in [0.25, 0.3) is 0 Å². The Labute approximate surface area is 149 Å². The van der Waals surface area contributed by atoms with Gasteiger partial charge in [-0.25, -0.2) is 8.78 Å². The van der Waals surface area contributed by atoms with Gasteiger partial charge in [-0.2, -0.15) is 0 Å². The summed E-state index contributed by atoms with van der Waals surface area (Å²) in [6.07, 6.45) is 0.242. The molecule has 26 heavy (non-hydrogen) atoms. The maximum absolute atomic E-state index is 13.9. The van der Waals surface area contributed by atoms with Crippen LogP contribution in [0.3, 0.4) is 0 Å². The molecule has 0 aliphatic heterocycles. The van der Waals surface area contributed by atoms with Crippen LogP contribution in [0.5, 0.6) is 0 Å². The van der Waals surface area contributed by atoms with Crippen molar-refractivity contribution in [3.63, 3.8) is 0 Å². The first-order chi connectivity index (χ1) is 12.4. The van der Waals surface area contributed by atoms with Crippen molar-refractivity contribution in [3.8, 4) is 0 Å². The Morgan fingerprint density at radius 3 is 2.58 bits per heavy atom. The van der Waals surface area contributed by atoms with Crippen molar-refractivity contribution in [2.45, 2.75) is 31.1 Å². The fourth-order valence-corrected chi connectivity index (χ4v) is 3.76. The van der Waals surface area contributed by atoms with Crippen molar-refractivity contribution in [1.82, 2.24) is 0 Å². The Bertz CT molecular complexity index is 865. The van der Waals surface area contributed by atoms with Crippen LogP contribution in [-0.4, -0.2) is 23.7 Å². The van der Waals surface area contributed by atoms with E-state index in [2.05, 4.69) is 0 Å². The highest BCUT2D eigenvalue weighted by Crippen LogP contribution is 2.48. The number of ether oxygens (including phenoxy) is 1. The first-order valence-corrected chi connectivity index (χ1v) is 8.36. The van der Waals surface area contributed by atoms with E-state index in [9.17, 15) is 23.5 Å². The number of hydrogen-bond donors (Lipinski definition) is 1. The van der Waals surface area contributed by atoms with Gasteiger partial charge in [0.15, 0.2) is 0 Å². The number of carbonyl (C=O) groups excluding carboxylic acids is 1. The average Bonchev–Trinajstić information content (AvgIpc) is 2.60.